The van der Waals surface area contributed by atoms with Crippen molar-refractivity contribution in [1.29, 1.82) is 0 Å². The molecule has 0 saturated carbocycles. The molecule has 0 bridgehead atoms. The van der Waals surface area contributed by atoms with E-state index in [1.807, 2.05) is 0 Å². The van der Waals surface area contributed by atoms with Crippen LogP contribution >= 0.6 is 11.6 Å². The lowest BCUT2D eigenvalue weighted by Crippen LogP contribution is -2.50. The number of piperazine rings is 1. The molecule has 128 valence electrons. The van der Waals surface area contributed by atoms with Crippen LogP contribution in [-0.4, -0.2) is 49.7 Å². The van der Waals surface area contributed by atoms with Gasteiger partial charge in [-0.3, -0.25) is 4.79 Å². The van der Waals surface area contributed by atoms with Crippen LogP contribution in [0.1, 0.15) is 16.1 Å². The average molecular weight is 369 g/mol. The van der Waals surface area contributed by atoms with Gasteiger partial charge in [-0.25, -0.2) is 8.42 Å². The molecule has 1 aromatic carbocycles. The molecule has 3 rings (SSSR count). The largest absolute Gasteiger partial charge is 0.459 e. The number of hydrogen-bond acceptors (Lipinski definition) is 4. The smallest absolute Gasteiger partial charge is 0.289 e. The fraction of sp³-hybridized carbons (Fsp3) is 0.312. The van der Waals surface area contributed by atoms with E-state index in [1.165, 1.54) is 16.6 Å². The summed E-state index contributed by atoms with van der Waals surface area (Å²) < 4.78 is 31.9. The SMILES string of the molecule is Cc1cc(S(=O)(=O)N2CCN(C(=O)c3ccco3)CC2)ccc1Cl. The van der Waals surface area contributed by atoms with E-state index in [4.69, 9.17) is 16.0 Å². The maximum absolute atomic E-state index is 12.7. The Labute approximate surface area is 145 Å². The van der Waals surface area contributed by atoms with Crippen molar-refractivity contribution in [3.63, 3.8) is 0 Å². The Bertz CT molecular complexity index is 841. The molecule has 2 heterocycles. The van der Waals surface area contributed by atoms with E-state index in [2.05, 4.69) is 0 Å². The summed E-state index contributed by atoms with van der Waals surface area (Å²) in [5, 5.41) is 0.530. The van der Waals surface area contributed by atoms with Gasteiger partial charge in [-0.15, -0.1) is 0 Å². The second-order valence-electron chi connectivity index (χ2n) is 5.58. The first-order valence-electron chi connectivity index (χ1n) is 7.48. The van der Waals surface area contributed by atoms with Crippen molar-refractivity contribution in [3.05, 3.63) is 52.9 Å². The van der Waals surface area contributed by atoms with E-state index in [1.54, 1.807) is 36.1 Å². The van der Waals surface area contributed by atoms with Crippen LogP contribution in [0, 0.1) is 6.92 Å². The van der Waals surface area contributed by atoms with Gasteiger partial charge in [-0.2, -0.15) is 4.31 Å². The fourth-order valence-electron chi connectivity index (χ4n) is 2.61. The van der Waals surface area contributed by atoms with E-state index in [0.717, 1.165) is 0 Å². The van der Waals surface area contributed by atoms with Crippen molar-refractivity contribution in [3.8, 4) is 0 Å². The molecule has 0 spiro atoms. The lowest BCUT2D eigenvalue weighted by molar-refractivity contribution is 0.0666. The Morgan fingerprint density at radius 3 is 2.46 bits per heavy atom. The molecule has 1 amide bonds. The number of halogens is 1. The average Bonchev–Trinajstić information content (AvgIpc) is 3.11. The van der Waals surface area contributed by atoms with Gasteiger partial charge in [0.25, 0.3) is 5.91 Å². The topological polar surface area (TPSA) is 70.8 Å². The zero-order chi connectivity index (χ0) is 17.3. The highest BCUT2D eigenvalue weighted by molar-refractivity contribution is 7.89. The van der Waals surface area contributed by atoms with Gasteiger partial charge in [-0.05, 0) is 42.8 Å². The Morgan fingerprint density at radius 2 is 1.88 bits per heavy atom. The van der Waals surface area contributed by atoms with Gasteiger partial charge in [-0.1, -0.05) is 11.6 Å². The van der Waals surface area contributed by atoms with Crippen LogP contribution in [0.15, 0.2) is 45.9 Å². The van der Waals surface area contributed by atoms with Crippen molar-refractivity contribution >= 4 is 27.5 Å². The summed E-state index contributed by atoms with van der Waals surface area (Å²) in [6.07, 6.45) is 1.44. The minimum atomic E-state index is -3.59. The third kappa shape index (κ3) is 3.19. The molecule has 1 aliphatic rings. The van der Waals surface area contributed by atoms with E-state index < -0.39 is 10.0 Å². The molecule has 0 atom stereocenters. The lowest BCUT2D eigenvalue weighted by Gasteiger charge is -2.33. The Kier molecular flexibility index (Phi) is 4.67. The molecular formula is C16H17ClN2O4S. The van der Waals surface area contributed by atoms with Crippen molar-refractivity contribution in [1.82, 2.24) is 9.21 Å². The van der Waals surface area contributed by atoms with Crippen LogP contribution < -0.4 is 0 Å². The zero-order valence-corrected chi connectivity index (χ0v) is 14.7. The number of benzene rings is 1. The van der Waals surface area contributed by atoms with Crippen LogP contribution in [0.2, 0.25) is 5.02 Å². The molecule has 1 aliphatic heterocycles. The first-order chi connectivity index (χ1) is 11.4. The summed E-state index contributed by atoms with van der Waals surface area (Å²) in [5.74, 6) is 0.0408. The summed E-state index contributed by atoms with van der Waals surface area (Å²) in [5.41, 5.74) is 0.712. The van der Waals surface area contributed by atoms with E-state index in [9.17, 15) is 13.2 Å². The predicted molar refractivity (Wildman–Crippen MR) is 89.6 cm³/mol. The summed E-state index contributed by atoms with van der Waals surface area (Å²) in [7, 11) is -3.59. The van der Waals surface area contributed by atoms with Gasteiger partial charge in [0.1, 0.15) is 0 Å². The number of amides is 1. The van der Waals surface area contributed by atoms with Crippen molar-refractivity contribution in [2.75, 3.05) is 26.2 Å². The Morgan fingerprint density at radius 1 is 1.17 bits per heavy atom. The molecule has 1 fully saturated rings. The van der Waals surface area contributed by atoms with E-state index in [-0.39, 0.29) is 29.7 Å². The maximum atomic E-state index is 12.7. The third-order valence-electron chi connectivity index (χ3n) is 4.02. The summed E-state index contributed by atoms with van der Waals surface area (Å²) in [6, 6.07) is 7.91. The number of hydrogen-bond donors (Lipinski definition) is 0. The molecule has 1 saturated heterocycles. The van der Waals surface area contributed by atoms with E-state index >= 15 is 0 Å². The molecule has 8 heteroatoms. The van der Waals surface area contributed by atoms with Gasteiger partial charge in [0.15, 0.2) is 5.76 Å². The third-order valence-corrected chi connectivity index (χ3v) is 6.34. The van der Waals surface area contributed by atoms with Gasteiger partial charge in [0.2, 0.25) is 10.0 Å². The monoisotopic (exact) mass is 368 g/mol. The number of nitrogens with zero attached hydrogens (tertiary/aromatic N) is 2. The normalized spacial score (nSPS) is 16.3. The molecule has 24 heavy (non-hydrogen) atoms. The Balaban J connectivity index is 1.71. The first kappa shape index (κ1) is 17.0. The van der Waals surface area contributed by atoms with Gasteiger partial charge >= 0.3 is 0 Å². The zero-order valence-electron chi connectivity index (χ0n) is 13.1. The van der Waals surface area contributed by atoms with Gasteiger partial charge < -0.3 is 9.32 Å². The predicted octanol–water partition coefficient (Wildman–Crippen LogP) is 2.39. The maximum Gasteiger partial charge on any atom is 0.289 e. The second kappa shape index (κ2) is 6.58. The number of sulfonamides is 1. The highest BCUT2D eigenvalue weighted by atomic mass is 35.5. The number of aryl methyl sites for hydroxylation is 1. The minimum Gasteiger partial charge on any atom is -0.459 e. The molecule has 1 aromatic heterocycles. The minimum absolute atomic E-state index is 0.218. The summed E-state index contributed by atoms with van der Waals surface area (Å²) >= 11 is 5.96. The highest BCUT2D eigenvalue weighted by Crippen LogP contribution is 2.23. The molecule has 0 unspecified atom stereocenters. The number of furan rings is 1. The quantitative estimate of drug-likeness (QED) is 0.834. The molecular weight excluding hydrogens is 352 g/mol. The Hall–Kier alpha value is -1.83. The van der Waals surface area contributed by atoms with Crippen LogP contribution in [-0.2, 0) is 10.0 Å². The summed E-state index contributed by atoms with van der Waals surface area (Å²) in [4.78, 5) is 14.0. The molecule has 6 nitrogen and oxygen atoms in total. The molecule has 2 aromatic rings. The van der Waals surface area contributed by atoms with Crippen LogP contribution in [0.4, 0.5) is 0 Å². The lowest BCUT2D eigenvalue weighted by atomic mass is 10.2. The van der Waals surface area contributed by atoms with Gasteiger partial charge in [0.05, 0.1) is 11.2 Å². The highest BCUT2D eigenvalue weighted by Gasteiger charge is 2.31. The number of rotatable bonds is 3. The molecule has 0 radical (unpaired) electrons. The van der Waals surface area contributed by atoms with Crippen LogP contribution in [0.25, 0.3) is 0 Å². The van der Waals surface area contributed by atoms with Gasteiger partial charge in [0, 0.05) is 31.2 Å². The van der Waals surface area contributed by atoms with E-state index in [0.29, 0.717) is 23.7 Å². The summed E-state index contributed by atoms with van der Waals surface area (Å²) in [6.45, 7) is 2.91. The van der Waals surface area contributed by atoms with Crippen molar-refractivity contribution in [2.45, 2.75) is 11.8 Å². The number of carbonyl (C=O) groups excluding carboxylic acids is 1. The first-order valence-corrected chi connectivity index (χ1v) is 9.30. The van der Waals surface area contributed by atoms with Crippen LogP contribution in [0.5, 0.6) is 0 Å². The van der Waals surface area contributed by atoms with Crippen molar-refractivity contribution in [2.24, 2.45) is 0 Å². The van der Waals surface area contributed by atoms with Crippen molar-refractivity contribution < 1.29 is 17.6 Å². The standard InChI is InChI=1S/C16H17ClN2O4S/c1-12-11-13(4-5-14(12)17)24(21,22)19-8-6-18(7-9-19)16(20)15-3-2-10-23-15/h2-5,10-11H,6-9H2,1H3. The number of carbonyl (C=O) groups is 1. The van der Waals surface area contributed by atoms with Crippen LogP contribution in [0.3, 0.4) is 0 Å². The molecule has 0 aliphatic carbocycles. The second-order valence-corrected chi connectivity index (χ2v) is 7.93. The molecule has 0 N–H and O–H groups in total. The fourth-order valence-corrected chi connectivity index (χ4v) is 4.24.